The number of anilines is 1. The second-order valence-electron chi connectivity index (χ2n) is 5.76. The fourth-order valence-corrected chi connectivity index (χ4v) is 2.95. The van der Waals surface area contributed by atoms with E-state index in [9.17, 15) is 4.79 Å². The highest BCUT2D eigenvalue weighted by atomic mass is 16.2. The molecule has 1 aromatic carbocycles. The molecule has 0 saturated carbocycles. The van der Waals surface area contributed by atoms with Gasteiger partial charge in [-0.3, -0.25) is 4.79 Å². The highest BCUT2D eigenvalue weighted by Gasteiger charge is 2.27. The first-order chi connectivity index (χ1) is 9.02. The summed E-state index contributed by atoms with van der Waals surface area (Å²) < 4.78 is 0. The molecule has 1 aliphatic heterocycles. The van der Waals surface area contributed by atoms with Gasteiger partial charge in [0.15, 0.2) is 0 Å². The first-order valence-electron chi connectivity index (χ1n) is 7.12. The van der Waals surface area contributed by atoms with Gasteiger partial charge in [0.2, 0.25) is 0 Å². The van der Waals surface area contributed by atoms with Crippen molar-refractivity contribution in [2.24, 2.45) is 5.92 Å². The van der Waals surface area contributed by atoms with Gasteiger partial charge in [0, 0.05) is 30.9 Å². The van der Waals surface area contributed by atoms with Crippen LogP contribution in [0.2, 0.25) is 0 Å². The molecule has 3 heteroatoms. The quantitative estimate of drug-likeness (QED) is 0.885. The monoisotopic (exact) mass is 260 g/mol. The smallest absolute Gasteiger partial charge is 0.254 e. The van der Waals surface area contributed by atoms with Crippen LogP contribution in [0.15, 0.2) is 18.2 Å². The topological polar surface area (TPSA) is 32.3 Å². The standard InChI is InChI=1S/C16H24N2O/c1-11-7-8-18(13(3)9-11)16(19)14-5-6-15(17-4)12(2)10-14/h5-6,10-11,13,17H,7-9H2,1-4H3. The molecule has 1 amide bonds. The van der Waals surface area contributed by atoms with Crippen molar-refractivity contribution in [2.75, 3.05) is 18.9 Å². The summed E-state index contributed by atoms with van der Waals surface area (Å²) in [6, 6.07) is 6.24. The van der Waals surface area contributed by atoms with E-state index >= 15 is 0 Å². The molecule has 0 radical (unpaired) electrons. The third kappa shape index (κ3) is 2.91. The van der Waals surface area contributed by atoms with Crippen LogP contribution in [-0.4, -0.2) is 30.4 Å². The number of amides is 1. The van der Waals surface area contributed by atoms with E-state index < -0.39 is 0 Å². The van der Waals surface area contributed by atoms with Crippen LogP contribution in [0.3, 0.4) is 0 Å². The summed E-state index contributed by atoms with van der Waals surface area (Å²) in [5.41, 5.74) is 3.00. The lowest BCUT2D eigenvalue weighted by Gasteiger charge is -2.36. The lowest BCUT2D eigenvalue weighted by Crippen LogP contribution is -2.44. The van der Waals surface area contributed by atoms with E-state index in [0.717, 1.165) is 42.1 Å². The Morgan fingerprint density at radius 1 is 1.37 bits per heavy atom. The van der Waals surface area contributed by atoms with Crippen LogP contribution in [0.1, 0.15) is 42.6 Å². The van der Waals surface area contributed by atoms with E-state index in [1.54, 1.807) is 0 Å². The van der Waals surface area contributed by atoms with Gasteiger partial charge in [0.1, 0.15) is 0 Å². The van der Waals surface area contributed by atoms with Crippen molar-refractivity contribution in [1.82, 2.24) is 4.90 Å². The number of carbonyl (C=O) groups is 1. The third-order valence-corrected chi connectivity index (χ3v) is 4.14. The van der Waals surface area contributed by atoms with Crippen molar-refractivity contribution in [3.05, 3.63) is 29.3 Å². The van der Waals surface area contributed by atoms with E-state index in [-0.39, 0.29) is 5.91 Å². The summed E-state index contributed by atoms with van der Waals surface area (Å²) >= 11 is 0. The first-order valence-corrected chi connectivity index (χ1v) is 7.12. The summed E-state index contributed by atoms with van der Waals surface area (Å²) in [5, 5.41) is 3.13. The van der Waals surface area contributed by atoms with Crippen LogP contribution in [0.25, 0.3) is 0 Å². The molecule has 104 valence electrons. The van der Waals surface area contributed by atoms with Gasteiger partial charge < -0.3 is 10.2 Å². The molecule has 1 fully saturated rings. The lowest BCUT2D eigenvalue weighted by atomic mass is 9.92. The van der Waals surface area contributed by atoms with Gasteiger partial charge in [0.05, 0.1) is 0 Å². The summed E-state index contributed by atoms with van der Waals surface area (Å²) in [6.45, 7) is 7.34. The molecule has 2 atom stereocenters. The Balaban J connectivity index is 2.17. The van der Waals surface area contributed by atoms with Crippen molar-refractivity contribution in [1.29, 1.82) is 0 Å². The Kier molecular flexibility index (Phi) is 4.13. The second kappa shape index (κ2) is 5.64. The van der Waals surface area contributed by atoms with Crippen molar-refractivity contribution in [3.8, 4) is 0 Å². The highest BCUT2D eigenvalue weighted by molar-refractivity contribution is 5.95. The second-order valence-corrected chi connectivity index (χ2v) is 5.76. The number of nitrogens with zero attached hydrogens (tertiary/aromatic N) is 1. The molecule has 1 aromatic rings. The van der Waals surface area contributed by atoms with E-state index in [4.69, 9.17) is 0 Å². The van der Waals surface area contributed by atoms with E-state index in [0.29, 0.717) is 6.04 Å². The minimum absolute atomic E-state index is 0.171. The Labute approximate surface area is 116 Å². The number of hydrogen-bond acceptors (Lipinski definition) is 2. The molecule has 0 bridgehead atoms. The minimum Gasteiger partial charge on any atom is -0.388 e. The van der Waals surface area contributed by atoms with Crippen molar-refractivity contribution < 1.29 is 4.79 Å². The fraction of sp³-hybridized carbons (Fsp3) is 0.562. The Hall–Kier alpha value is -1.51. The van der Waals surface area contributed by atoms with Gasteiger partial charge in [-0.2, -0.15) is 0 Å². The normalized spacial score (nSPS) is 23.3. The van der Waals surface area contributed by atoms with Crippen LogP contribution >= 0.6 is 0 Å². The van der Waals surface area contributed by atoms with Crippen molar-refractivity contribution in [3.63, 3.8) is 0 Å². The largest absolute Gasteiger partial charge is 0.388 e. The zero-order valence-corrected chi connectivity index (χ0v) is 12.4. The van der Waals surface area contributed by atoms with Crippen LogP contribution in [0, 0.1) is 12.8 Å². The average Bonchev–Trinajstić information content (AvgIpc) is 2.38. The van der Waals surface area contributed by atoms with Crippen LogP contribution in [-0.2, 0) is 0 Å². The maximum absolute atomic E-state index is 12.6. The predicted molar refractivity (Wildman–Crippen MR) is 79.6 cm³/mol. The maximum Gasteiger partial charge on any atom is 0.254 e. The van der Waals surface area contributed by atoms with Gasteiger partial charge in [-0.1, -0.05) is 6.92 Å². The molecule has 1 aliphatic rings. The fourth-order valence-electron chi connectivity index (χ4n) is 2.95. The van der Waals surface area contributed by atoms with E-state index in [2.05, 4.69) is 19.2 Å². The Morgan fingerprint density at radius 2 is 2.11 bits per heavy atom. The molecule has 1 N–H and O–H groups in total. The van der Waals surface area contributed by atoms with Crippen LogP contribution in [0.5, 0.6) is 0 Å². The number of nitrogens with one attached hydrogen (secondary N) is 1. The molecule has 1 heterocycles. The maximum atomic E-state index is 12.6. The molecule has 19 heavy (non-hydrogen) atoms. The SMILES string of the molecule is CNc1ccc(C(=O)N2CCC(C)CC2C)cc1C. The molecule has 1 saturated heterocycles. The van der Waals surface area contributed by atoms with Crippen LogP contribution in [0.4, 0.5) is 5.69 Å². The Bertz CT molecular complexity index is 470. The predicted octanol–water partition coefficient (Wildman–Crippen LogP) is 3.30. The summed E-state index contributed by atoms with van der Waals surface area (Å²) in [7, 11) is 1.90. The lowest BCUT2D eigenvalue weighted by molar-refractivity contribution is 0.0588. The minimum atomic E-state index is 0.171. The molecule has 2 unspecified atom stereocenters. The number of aryl methyl sites for hydroxylation is 1. The van der Waals surface area contributed by atoms with Gasteiger partial charge >= 0.3 is 0 Å². The Morgan fingerprint density at radius 3 is 2.68 bits per heavy atom. The van der Waals surface area contributed by atoms with Crippen molar-refractivity contribution >= 4 is 11.6 Å². The van der Waals surface area contributed by atoms with Gasteiger partial charge in [0.25, 0.3) is 5.91 Å². The number of likely N-dealkylation sites (tertiary alicyclic amines) is 1. The van der Waals surface area contributed by atoms with Gasteiger partial charge in [-0.15, -0.1) is 0 Å². The van der Waals surface area contributed by atoms with Gasteiger partial charge in [-0.05, 0) is 56.4 Å². The summed E-state index contributed by atoms with van der Waals surface area (Å²) in [6.07, 6.45) is 2.23. The zero-order chi connectivity index (χ0) is 14.0. The number of piperidine rings is 1. The van der Waals surface area contributed by atoms with Crippen LogP contribution < -0.4 is 5.32 Å². The molecule has 3 nitrogen and oxygen atoms in total. The molecular formula is C16H24N2O. The highest BCUT2D eigenvalue weighted by Crippen LogP contribution is 2.25. The summed E-state index contributed by atoms with van der Waals surface area (Å²) in [4.78, 5) is 14.6. The van der Waals surface area contributed by atoms with Crippen molar-refractivity contribution in [2.45, 2.75) is 39.7 Å². The number of hydrogen-bond donors (Lipinski definition) is 1. The third-order valence-electron chi connectivity index (χ3n) is 4.14. The number of carbonyl (C=O) groups excluding carboxylic acids is 1. The summed E-state index contributed by atoms with van der Waals surface area (Å²) in [5.74, 6) is 0.901. The molecular weight excluding hydrogens is 236 g/mol. The molecule has 0 spiro atoms. The van der Waals surface area contributed by atoms with Gasteiger partial charge in [-0.25, -0.2) is 0 Å². The number of benzene rings is 1. The molecule has 0 aromatic heterocycles. The van der Waals surface area contributed by atoms with E-state index in [1.807, 2.05) is 37.1 Å². The number of rotatable bonds is 2. The van der Waals surface area contributed by atoms with E-state index in [1.165, 1.54) is 0 Å². The average molecular weight is 260 g/mol. The molecule has 2 rings (SSSR count). The molecule has 0 aliphatic carbocycles. The zero-order valence-electron chi connectivity index (χ0n) is 12.4. The first kappa shape index (κ1) is 13.9.